The zero-order valence-corrected chi connectivity index (χ0v) is 82.7. The van der Waals surface area contributed by atoms with Crippen LogP contribution in [0.1, 0.15) is 181 Å². The Labute approximate surface area is 827 Å². The van der Waals surface area contributed by atoms with Crippen LogP contribution in [-0.4, -0.2) is 246 Å². The molecule has 4 saturated heterocycles. The lowest BCUT2D eigenvalue weighted by atomic mass is 9.85. The number of ketones is 4. The molecule has 7 N–H and O–H groups in total. The number of halogens is 3. The number of amides is 7. The molecule has 6 aliphatic rings. The first-order valence-electron chi connectivity index (χ1n) is 47.6. The summed E-state index contributed by atoms with van der Waals surface area (Å²) < 4.78 is 43.5. The highest BCUT2D eigenvalue weighted by Crippen LogP contribution is 2.38. The molecular weight excluding hydrogens is 1840 g/mol. The van der Waals surface area contributed by atoms with Crippen molar-refractivity contribution < 1.29 is 91.1 Å². The molecule has 4 aromatic heterocycles. The normalized spacial score (nSPS) is 19.6. The lowest BCUT2D eigenvalue weighted by Gasteiger charge is -2.35. The molecule has 744 valence electrons. The average Bonchev–Trinajstić information content (AvgIpc) is 1.62. The Bertz CT molecular complexity index is 6120. The summed E-state index contributed by atoms with van der Waals surface area (Å²) in [5.41, 5.74) is 22.7. The second-order valence-electron chi connectivity index (χ2n) is 38.7. The quantitative estimate of drug-likeness (QED) is 0.0243. The van der Waals surface area contributed by atoms with E-state index in [1.165, 1.54) is 32.2 Å². The number of alkyl halides is 3. The zero-order valence-electron chi connectivity index (χ0n) is 81.1. The van der Waals surface area contributed by atoms with Gasteiger partial charge in [0.15, 0.2) is 29.2 Å². The van der Waals surface area contributed by atoms with Crippen molar-refractivity contribution in [1.29, 1.82) is 0 Å². The first-order valence-corrected chi connectivity index (χ1v) is 49.4. The van der Waals surface area contributed by atoms with E-state index in [-0.39, 0.29) is 136 Å². The fraction of sp³-hybridized carbons (Fsp3) is 0.417. The topological polar surface area (TPSA) is 387 Å². The second kappa shape index (κ2) is 46.8. The molecule has 0 spiro atoms. The number of aliphatic hydroxyl groups is 4. The van der Waals surface area contributed by atoms with Gasteiger partial charge >= 0.3 is 6.18 Å². The van der Waals surface area contributed by atoms with Crippen LogP contribution in [0, 0.1) is 38.0 Å². The van der Waals surface area contributed by atoms with Crippen LogP contribution in [0.4, 0.5) is 13.2 Å². The Morgan fingerprint density at radius 2 is 0.823 bits per heavy atom. The van der Waals surface area contributed by atoms with Gasteiger partial charge in [-0.2, -0.15) is 13.2 Å². The van der Waals surface area contributed by atoms with Crippen LogP contribution in [0.25, 0.3) is 32.0 Å². The van der Waals surface area contributed by atoms with Crippen molar-refractivity contribution in [2.45, 2.75) is 238 Å². The molecule has 16 rings (SSSR count). The van der Waals surface area contributed by atoms with Crippen molar-refractivity contribution in [3.05, 3.63) is 267 Å². The highest BCUT2D eigenvalue weighted by Gasteiger charge is 2.52. The lowest BCUT2D eigenvalue weighted by molar-refractivity contribution is -0.171. The number of benzene rings is 6. The van der Waals surface area contributed by atoms with Gasteiger partial charge < -0.3 is 65.6 Å². The summed E-state index contributed by atoms with van der Waals surface area (Å²) in [5, 5.41) is 43.9. The number of aryl methyl sites for hydroxylation is 7. The van der Waals surface area contributed by atoms with E-state index in [1.807, 2.05) is 208 Å². The van der Waals surface area contributed by atoms with Crippen LogP contribution >= 0.6 is 22.7 Å². The van der Waals surface area contributed by atoms with E-state index in [0.717, 1.165) is 93.0 Å². The van der Waals surface area contributed by atoms with Gasteiger partial charge in [0, 0.05) is 127 Å². The number of ether oxygens (including phenoxy) is 1. The predicted molar refractivity (Wildman–Crippen MR) is 529 cm³/mol. The van der Waals surface area contributed by atoms with Gasteiger partial charge in [-0.1, -0.05) is 170 Å². The van der Waals surface area contributed by atoms with Gasteiger partial charge in [0.1, 0.15) is 23.9 Å². The number of aromatic nitrogens is 4. The molecule has 0 aliphatic carbocycles. The number of fused-ring (bicyclic) bond motifs is 2. The minimum atomic E-state index is -4.91. The molecule has 28 nitrogen and oxygen atoms in total. The molecule has 10 heterocycles. The number of hydrogen-bond donors (Lipinski definition) is 6. The molecule has 0 radical (unpaired) electrons. The Hall–Kier alpha value is -12.8. The van der Waals surface area contributed by atoms with E-state index in [9.17, 15) is 86.3 Å². The van der Waals surface area contributed by atoms with Gasteiger partial charge in [0.25, 0.3) is 17.7 Å². The third-order valence-electron chi connectivity index (χ3n) is 26.8. The number of thiazole rings is 2. The third-order valence-corrected chi connectivity index (χ3v) is 28.8. The van der Waals surface area contributed by atoms with E-state index in [4.69, 9.17) is 10.5 Å². The highest BCUT2D eigenvalue weighted by atomic mass is 32.1. The number of carbonyl (C=O) groups excluding carboxylic acids is 11. The van der Waals surface area contributed by atoms with Gasteiger partial charge in [-0.15, -0.1) is 22.7 Å². The first-order chi connectivity index (χ1) is 67.2. The molecule has 6 aromatic carbocycles. The maximum absolute atomic E-state index is 13.9. The number of aliphatic hydroxyl groups excluding tert-OH is 4. The maximum Gasteiger partial charge on any atom is 0.412 e. The Morgan fingerprint density at radius 3 is 1.16 bits per heavy atom. The summed E-state index contributed by atoms with van der Waals surface area (Å²) in [7, 11) is 1.61. The van der Waals surface area contributed by atoms with E-state index < -0.39 is 102 Å². The summed E-state index contributed by atoms with van der Waals surface area (Å²) in [6.45, 7) is 19.8. The summed E-state index contributed by atoms with van der Waals surface area (Å²) >= 11 is 3.13. The average molecular weight is 1970 g/mol. The minimum Gasteiger partial charge on any atom is -0.497 e. The second-order valence-corrected chi connectivity index (χ2v) is 40.4. The van der Waals surface area contributed by atoms with Crippen LogP contribution in [0.5, 0.6) is 5.75 Å². The van der Waals surface area contributed by atoms with Crippen molar-refractivity contribution in [2.24, 2.45) is 23.0 Å². The lowest BCUT2D eigenvalue weighted by Crippen LogP contribution is -2.56. The highest BCUT2D eigenvalue weighted by molar-refractivity contribution is 7.13. The molecule has 0 bridgehead atoms. The fourth-order valence-electron chi connectivity index (χ4n) is 19.2. The van der Waals surface area contributed by atoms with Gasteiger partial charge in [-0.05, 0) is 167 Å². The number of nitrogens with one attached hydrogen (secondary N) is 1. The smallest absolute Gasteiger partial charge is 0.412 e. The van der Waals surface area contributed by atoms with E-state index >= 15 is 0 Å². The van der Waals surface area contributed by atoms with Crippen LogP contribution in [0.2, 0.25) is 0 Å². The van der Waals surface area contributed by atoms with Crippen molar-refractivity contribution in [3.63, 3.8) is 0 Å². The SMILES string of the molecule is COc1ccc(CCC(=O)[C@@H]2C[C@@H](O)CN2C(=O)[C@H](C(C)C)N2Cc3ccccc3C2=O)cc1.Cc1cnccc1-c1ccc(CCC(=O)[C@@H]2C[C@@H](O)CN2C(=O)[C@H](C(C)C)N2Cc3ccccc3C2=O)cc1.Cc1ncsc1-c1ccc(CCC(=O)[C@@H]2C[C@@H](O)CN2C(=O)C(N)C(F)(F)F)cc1.Cc1ncsc1-c1ccc(CCC(=O)[C@@H]2C[C@@H](O)CN2C(=O)[C@@H](NC(=O)c2cccnc2)C(C)(C)C)cc1. The molecule has 0 saturated carbocycles. The van der Waals surface area contributed by atoms with E-state index in [1.54, 1.807) is 70.4 Å². The molecule has 10 aromatic rings. The number of rotatable bonds is 30. The van der Waals surface area contributed by atoms with Gasteiger partial charge in [0.05, 0.1) is 93.4 Å². The van der Waals surface area contributed by atoms with Crippen LogP contribution in [-0.2, 0) is 77.1 Å². The summed E-state index contributed by atoms with van der Waals surface area (Å²) in [4.78, 5) is 172. The number of carbonyl (C=O) groups is 11. The predicted octanol–water partition coefficient (Wildman–Crippen LogP) is 13.3. The number of nitrogens with zero attached hydrogens (tertiary/aromatic N) is 10. The van der Waals surface area contributed by atoms with Crippen molar-refractivity contribution in [2.75, 3.05) is 33.3 Å². The number of methoxy groups -OCH3 is 1. The van der Waals surface area contributed by atoms with Gasteiger partial charge in [-0.3, -0.25) is 62.7 Å². The maximum atomic E-state index is 13.9. The molecule has 1 unspecified atom stereocenters. The third kappa shape index (κ3) is 25.8. The number of likely N-dealkylation sites (tertiary alicyclic amines) is 4. The van der Waals surface area contributed by atoms with E-state index in [0.29, 0.717) is 55.5 Å². The fourth-order valence-corrected chi connectivity index (χ4v) is 20.8. The molecule has 12 atom stereocenters. The Morgan fingerprint density at radius 1 is 0.461 bits per heavy atom. The van der Waals surface area contributed by atoms with Crippen molar-refractivity contribution >= 4 is 87.2 Å². The van der Waals surface area contributed by atoms with E-state index in [2.05, 4.69) is 37.4 Å². The van der Waals surface area contributed by atoms with Gasteiger partial charge in [0.2, 0.25) is 23.6 Å². The molecule has 7 amide bonds. The molecule has 141 heavy (non-hydrogen) atoms. The van der Waals surface area contributed by atoms with Crippen molar-refractivity contribution in [3.8, 4) is 37.8 Å². The minimum absolute atomic E-state index is 0.0430. The van der Waals surface area contributed by atoms with Gasteiger partial charge in [-0.25, -0.2) is 9.97 Å². The number of β-amino-alcohol motifs (C(OH)–C–C–N with tert-alkyl or cyclic N) is 4. The Kier molecular flexibility index (Phi) is 35.0. The summed E-state index contributed by atoms with van der Waals surface area (Å²) in [6, 6.07) is 43.3. The standard InChI is InChI=1S/C32H35N3O4.C29H34N4O4S.C27H32N2O5.C20H22F3N3O3S/c1-20(2)30(35-18-24-6-4-5-7-27(24)31(35)38)32(39)34-19-25(36)16-28(34)29(37)13-10-22-8-11-23(12-9-22)26-14-15-33-17-21(26)3;1-18-25(38-17-31-18)20-10-7-19(8-11-20)9-12-24(35)23-14-22(34)16-33(23)28(37)26(29(2,3)4)32-27(36)21-6-5-13-30-15-21;1-17(2)25(29-15-19-6-4-5-7-22(19)26(29)32)27(33)28-16-20(30)14-23(28)24(31)13-10-18-8-11-21(34-3)12-9-18;1-11-17(30-10-25-11)13-5-2-12(3-6-13)4-7-16(28)15-8-14(27)9-26(15)19(29)18(24)20(21,22)23/h4-9,11-12,14-15,17,20,25,28,30,36H,10,13,16,18-19H2,1-3H3;5-8,10-11,13,15,17,22-23,26,34H,9,12,14,16H2,1-4H3,(H,32,36);4-9,11-12,17,20,23,25,30H,10,13-16H2,1-3H3;2-3,5-6,10,14-15,18,27H,4,7-9,24H2,1H3/t25-,28+,30+;22-,23+,26-;20-,23+,25+;14-,15+,18?/m1111/s1. The monoisotopic (exact) mass is 1960 g/mol. The molecule has 6 aliphatic heterocycles. The largest absolute Gasteiger partial charge is 0.497 e. The van der Waals surface area contributed by atoms with Crippen LogP contribution < -0.4 is 15.8 Å². The number of pyridine rings is 2. The number of Topliss-reactive ketones (excluding diaryl/α,β-unsaturated/α-hetero) is 4. The Balaban J connectivity index is 0.000000159. The summed E-state index contributed by atoms with van der Waals surface area (Å²) in [6.07, 6.45) is 1.79. The molecule has 33 heteroatoms. The summed E-state index contributed by atoms with van der Waals surface area (Å²) in [5.74, 6) is -3.17. The molecular formula is C108H123F3N12O16S2. The van der Waals surface area contributed by atoms with Crippen molar-refractivity contribution in [1.82, 2.24) is 54.7 Å². The zero-order chi connectivity index (χ0) is 102. The van der Waals surface area contributed by atoms with Crippen LogP contribution in [0.3, 0.4) is 0 Å². The number of nitrogens with two attached hydrogens (primary N) is 1. The molecule has 4 fully saturated rings. The number of hydrogen-bond acceptors (Lipinski definition) is 23. The van der Waals surface area contributed by atoms with Crippen LogP contribution in [0.15, 0.2) is 200 Å². The first kappa shape index (κ1) is 106.